The molecule has 30 heavy (non-hydrogen) atoms. The number of hydrogen-bond donors (Lipinski definition) is 2. The van der Waals surface area contributed by atoms with Gasteiger partial charge in [0.2, 0.25) is 15.7 Å². The van der Waals surface area contributed by atoms with Crippen molar-refractivity contribution in [3.8, 4) is 0 Å². The zero-order valence-electron chi connectivity index (χ0n) is 16.1. The number of rotatable bonds is 6. The van der Waals surface area contributed by atoms with Crippen molar-refractivity contribution >= 4 is 44.8 Å². The zero-order chi connectivity index (χ0) is 21.9. The lowest BCUT2D eigenvalue weighted by molar-refractivity contribution is -0.113. The Morgan fingerprint density at radius 2 is 1.83 bits per heavy atom. The molecule has 0 bridgehead atoms. The highest BCUT2D eigenvalue weighted by atomic mass is 35.5. The number of nitrogens with zero attached hydrogens (tertiary/aromatic N) is 1. The summed E-state index contributed by atoms with van der Waals surface area (Å²) < 4.78 is 25.2. The van der Waals surface area contributed by atoms with Crippen molar-refractivity contribution in [1.29, 1.82) is 0 Å². The summed E-state index contributed by atoms with van der Waals surface area (Å²) in [7, 11) is -4.04. The van der Waals surface area contributed by atoms with Gasteiger partial charge in [-0.25, -0.2) is 13.4 Å². The molecular formula is C20H18ClN3O4S2. The number of aromatic amines is 1. The van der Waals surface area contributed by atoms with Gasteiger partial charge in [0, 0.05) is 10.7 Å². The molecule has 0 saturated carbocycles. The Bertz CT molecular complexity index is 1260. The van der Waals surface area contributed by atoms with Gasteiger partial charge in [-0.05, 0) is 61.4 Å². The van der Waals surface area contributed by atoms with E-state index in [1.54, 1.807) is 6.07 Å². The van der Waals surface area contributed by atoms with Crippen molar-refractivity contribution in [1.82, 2.24) is 9.97 Å². The van der Waals surface area contributed by atoms with E-state index in [9.17, 15) is 18.0 Å². The van der Waals surface area contributed by atoms with Crippen LogP contribution in [-0.2, 0) is 14.6 Å². The first-order chi connectivity index (χ1) is 14.2. The number of thioether (sulfide) groups is 1. The second kappa shape index (κ2) is 9.03. The van der Waals surface area contributed by atoms with E-state index in [2.05, 4.69) is 15.3 Å². The molecule has 0 fully saturated rings. The van der Waals surface area contributed by atoms with Crippen LogP contribution in [0.2, 0.25) is 5.02 Å². The molecule has 3 rings (SSSR count). The minimum absolute atomic E-state index is 0.000848. The Labute approximate surface area is 182 Å². The van der Waals surface area contributed by atoms with E-state index in [4.69, 9.17) is 11.6 Å². The summed E-state index contributed by atoms with van der Waals surface area (Å²) in [5.74, 6) is -0.275. The number of halogens is 1. The van der Waals surface area contributed by atoms with Gasteiger partial charge < -0.3 is 10.3 Å². The molecule has 10 heteroatoms. The average Bonchev–Trinajstić information content (AvgIpc) is 2.69. The van der Waals surface area contributed by atoms with Gasteiger partial charge in [-0.15, -0.1) is 0 Å². The molecular weight excluding hydrogens is 446 g/mol. The molecule has 0 aliphatic carbocycles. The lowest BCUT2D eigenvalue weighted by Gasteiger charge is -2.08. The fourth-order valence-corrected chi connectivity index (χ4v) is 4.52. The number of nitrogens with one attached hydrogen (secondary N) is 2. The minimum Gasteiger partial charge on any atom is -0.325 e. The van der Waals surface area contributed by atoms with Crippen LogP contribution in [0.4, 0.5) is 5.69 Å². The van der Waals surface area contributed by atoms with Gasteiger partial charge >= 0.3 is 0 Å². The highest BCUT2D eigenvalue weighted by molar-refractivity contribution is 7.99. The van der Waals surface area contributed by atoms with Gasteiger partial charge in [-0.2, -0.15) is 0 Å². The normalized spacial score (nSPS) is 11.3. The third-order valence-corrected chi connectivity index (χ3v) is 7.19. The van der Waals surface area contributed by atoms with E-state index in [0.717, 1.165) is 29.1 Å². The second-order valence-electron chi connectivity index (χ2n) is 6.47. The predicted molar refractivity (Wildman–Crippen MR) is 117 cm³/mol. The van der Waals surface area contributed by atoms with Gasteiger partial charge in [0.1, 0.15) is 0 Å². The maximum atomic E-state index is 12.6. The number of aromatic nitrogens is 2. The molecule has 1 aromatic heterocycles. The summed E-state index contributed by atoms with van der Waals surface area (Å²) >= 11 is 6.77. The average molecular weight is 464 g/mol. The smallest absolute Gasteiger partial charge is 0.270 e. The van der Waals surface area contributed by atoms with Gasteiger partial charge in [-0.1, -0.05) is 29.4 Å². The van der Waals surface area contributed by atoms with Crippen LogP contribution in [0, 0.1) is 13.8 Å². The maximum absolute atomic E-state index is 12.6. The monoisotopic (exact) mass is 463 g/mol. The molecule has 0 spiro atoms. The zero-order valence-corrected chi connectivity index (χ0v) is 18.5. The van der Waals surface area contributed by atoms with Crippen LogP contribution in [0.15, 0.2) is 68.4 Å². The predicted octanol–water partition coefficient (Wildman–Crippen LogP) is 3.60. The molecule has 156 valence electrons. The fraction of sp³-hybridized carbons (Fsp3) is 0.150. The number of carbonyl (C=O) groups excluding carboxylic acids is 1. The molecule has 2 aromatic carbocycles. The highest BCUT2D eigenvalue weighted by Crippen LogP contribution is 2.21. The van der Waals surface area contributed by atoms with Gasteiger partial charge in [0.05, 0.1) is 16.8 Å². The van der Waals surface area contributed by atoms with Gasteiger partial charge in [-0.3, -0.25) is 9.59 Å². The number of H-pyrrole nitrogens is 1. The van der Waals surface area contributed by atoms with Crippen LogP contribution < -0.4 is 10.9 Å². The Morgan fingerprint density at radius 3 is 2.47 bits per heavy atom. The Balaban J connectivity index is 1.69. The first-order valence-corrected chi connectivity index (χ1v) is 11.6. The summed E-state index contributed by atoms with van der Waals surface area (Å²) in [4.78, 5) is 30.3. The summed E-state index contributed by atoms with van der Waals surface area (Å²) in [6, 6.07) is 11.1. The van der Waals surface area contributed by atoms with Crippen molar-refractivity contribution in [2.75, 3.05) is 11.1 Å². The molecule has 0 aliphatic rings. The molecule has 3 aromatic rings. The summed E-state index contributed by atoms with van der Waals surface area (Å²) in [5, 5.41) is 3.30. The van der Waals surface area contributed by atoms with Crippen LogP contribution in [-0.4, -0.2) is 30.0 Å². The van der Waals surface area contributed by atoms with Crippen molar-refractivity contribution in [3.05, 3.63) is 75.2 Å². The number of aryl methyl sites for hydroxylation is 2. The van der Waals surface area contributed by atoms with Crippen molar-refractivity contribution in [2.24, 2.45) is 0 Å². The molecule has 1 amide bonds. The quantitative estimate of drug-likeness (QED) is 0.427. The molecule has 0 aliphatic heterocycles. The van der Waals surface area contributed by atoms with E-state index >= 15 is 0 Å². The molecule has 1 heterocycles. The molecule has 0 atom stereocenters. The van der Waals surface area contributed by atoms with Crippen molar-refractivity contribution in [3.63, 3.8) is 0 Å². The second-order valence-corrected chi connectivity index (χ2v) is 9.79. The lowest BCUT2D eigenvalue weighted by atomic mass is 10.1. The summed E-state index contributed by atoms with van der Waals surface area (Å²) in [5.41, 5.74) is 2.05. The number of amides is 1. The fourth-order valence-electron chi connectivity index (χ4n) is 2.52. The van der Waals surface area contributed by atoms with Crippen LogP contribution >= 0.6 is 23.4 Å². The number of anilines is 1. The largest absolute Gasteiger partial charge is 0.325 e. The van der Waals surface area contributed by atoms with Crippen LogP contribution in [0.1, 0.15) is 11.1 Å². The van der Waals surface area contributed by atoms with E-state index in [1.807, 2.05) is 26.0 Å². The SMILES string of the molecule is Cc1ccc(NC(=O)CSc2ncc(S(=O)(=O)c3ccc(Cl)cc3)c(=O)[nH]2)cc1C. The van der Waals surface area contributed by atoms with E-state index in [0.29, 0.717) is 10.7 Å². The highest BCUT2D eigenvalue weighted by Gasteiger charge is 2.22. The first kappa shape index (κ1) is 22.1. The van der Waals surface area contributed by atoms with E-state index in [-0.39, 0.29) is 21.7 Å². The Hall–Kier alpha value is -2.62. The Kier molecular flexibility index (Phi) is 6.64. The van der Waals surface area contributed by atoms with E-state index in [1.165, 1.54) is 24.3 Å². The third kappa shape index (κ3) is 5.10. The van der Waals surface area contributed by atoms with Crippen LogP contribution in [0.3, 0.4) is 0 Å². The number of hydrogen-bond acceptors (Lipinski definition) is 6. The Morgan fingerprint density at radius 1 is 1.13 bits per heavy atom. The molecule has 7 nitrogen and oxygen atoms in total. The topological polar surface area (TPSA) is 109 Å². The number of carbonyl (C=O) groups is 1. The maximum Gasteiger partial charge on any atom is 0.270 e. The minimum atomic E-state index is -4.04. The molecule has 0 saturated heterocycles. The lowest BCUT2D eigenvalue weighted by Crippen LogP contribution is -2.20. The summed E-state index contributed by atoms with van der Waals surface area (Å²) in [6.45, 7) is 3.93. The van der Waals surface area contributed by atoms with E-state index < -0.39 is 20.3 Å². The van der Waals surface area contributed by atoms with Gasteiger partial charge in [0.25, 0.3) is 5.56 Å². The van der Waals surface area contributed by atoms with Crippen molar-refractivity contribution in [2.45, 2.75) is 28.8 Å². The van der Waals surface area contributed by atoms with Crippen LogP contribution in [0.5, 0.6) is 0 Å². The third-order valence-electron chi connectivity index (χ3n) is 4.29. The number of benzene rings is 2. The molecule has 0 unspecified atom stereocenters. The van der Waals surface area contributed by atoms with Crippen LogP contribution in [0.25, 0.3) is 0 Å². The first-order valence-electron chi connectivity index (χ1n) is 8.77. The standard InChI is InChI=1S/C20H18ClN3O4S2/c1-12-3-6-15(9-13(12)2)23-18(25)11-29-20-22-10-17(19(26)24-20)30(27,28)16-7-4-14(21)5-8-16/h3-10H,11H2,1-2H3,(H,23,25)(H,22,24,26). The van der Waals surface area contributed by atoms with Gasteiger partial charge in [0.15, 0.2) is 10.1 Å². The number of sulfone groups is 1. The summed E-state index contributed by atoms with van der Waals surface area (Å²) in [6.07, 6.45) is 0.992. The molecule has 2 N–H and O–H groups in total. The van der Waals surface area contributed by atoms with Crippen molar-refractivity contribution < 1.29 is 13.2 Å². The molecule has 0 radical (unpaired) electrons.